The summed E-state index contributed by atoms with van der Waals surface area (Å²) < 4.78 is 0. The Bertz CT molecular complexity index is 550. The number of imidazole rings is 1. The van der Waals surface area contributed by atoms with Gasteiger partial charge in [0.25, 0.3) is 0 Å². The molecule has 4 rings (SSSR count). The van der Waals surface area contributed by atoms with Crippen LogP contribution in [0.4, 0.5) is 0 Å². The van der Waals surface area contributed by atoms with E-state index in [1.807, 2.05) is 6.20 Å². The Kier molecular flexibility index (Phi) is 1.99. The number of nitrogens with one attached hydrogen (secondary N) is 2. The standard InChI is InChI=1S/C13H16N4/c1-2-8(1)12-16-11-10(9-3-5-14-7-9)4-6-15-13(11)17-12/h4,6,8-9,14H,1-3,5,7H2,(H,15,16,17). The lowest BCUT2D eigenvalue weighted by molar-refractivity contribution is 0.767. The summed E-state index contributed by atoms with van der Waals surface area (Å²) in [5.74, 6) is 2.43. The van der Waals surface area contributed by atoms with E-state index in [0.717, 1.165) is 24.6 Å². The molecule has 1 unspecified atom stereocenters. The van der Waals surface area contributed by atoms with Crippen LogP contribution >= 0.6 is 0 Å². The highest BCUT2D eigenvalue weighted by Gasteiger charge is 2.28. The first-order valence-electron chi connectivity index (χ1n) is 6.47. The molecular formula is C13H16N4. The fourth-order valence-electron chi connectivity index (χ4n) is 2.76. The van der Waals surface area contributed by atoms with Crippen molar-refractivity contribution in [2.45, 2.75) is 31.1 Å². The molecule has 0 bridgehead atoms. The van der Waals surface area contributed by atoms with Gasteiger partial charge in [0, 0.05) is 18.7 Å². The number of H-pyrrole nitrogens is 1. The number of rotatable bonds is 2. The Hall–Kier alpha value is -1.42. The molecule has 2 aromatic heterocycles. The van der Waals surface area contributed by atoms with Gasteiger partial charge in [0.05, 0.1) is 5.52 Å². The highest BCUT2D eigenvalue weighted by Crippen LogP contribution is 2.39. The molecule has 4 nitrogen and oxygen atoms in total. The van der Waals surface area contributed by atoms with Gasteiger partial charge in [0.1, 0.15) is 5.82 Å². The molecule has 0 radical (unpaired) electrons. The lowest BCUT2D eigenvalue weighted by atomic mass is 9.99. The van der Waals surface area contributed by atoms with Crippen molar-refractivity contribution in [2.24, 2.45) is 0 Å². The van der Waals surface area contributed by atoms with E-state index in [2.05, 4.69) is 26.3 Å². The normalized spacial score (nSPS) is 24.6. The molecule has 2 N–H and O–H groups in total. The summed E-state index contributed by atoms with van der Waals surface area (Å²) in [4.78, 5) is 12.5. The molecule has 1 atom stereocenters. The third kappa shape index (κ3) is 1.55. The highest BCUT2D eigenvalue weighted by atomic mass is 15.0. The zero-order valence-electron chi connectivity index (χ0n) is 9.74. The van der Waals surface area contributed by atoms with E-state index in [1.54, 1.807) is 0 Å². The summed E-state index contributed by atoms with van der Waals surface area (Å²) in [6, 6.07) is 2.15. The van der Waals surface area contributed by atoms with Crippen molar-refractivity contribution in [3.8, 4) is 0 Å². The van der Waals surface area contributed by atoms with Crippen molar-refractivity contribution in [1.82, 2.24) is 20.3 Å². The van der Waals surface area contributed by atoms with Crippen LogP contribution in [0.5, 0.6) is 0 Å². The summed E-state index contributed by atoms with van der Waals surface area (Å²) in [6.07, 6.45) is 5.67. The van der Waals surface area contributed by atoms with Crippen molar-refractivity contribution in [2.75, 3.05) is 13.1 Å². The monoisotopic (exact) mass is 228 g/mol. The van der Waals surface area contributed by atoms with E-state index >= 15 is 0 Å². The Morgan fingerprint density at radius 3 is 2.88 bits per heavy atom. The molecule has 1 aliphatic carbocycles. The third-order valence-corrected chi connectivity index (χ3v) is 3.91. The fourth-order valence-corrected chi connectivity index (χ4v) is 2.76. The van der Waals surface area contributed by atoms with E-state index in [1.165, 1.54) is 30.3 Å². The van der Waals surface area contributed by atoms with Gasteiger partial charge in [-0.25, -0.2) is 9.97 Å². The summed E-state index contributed by atoms with van der Waals surface area (Å²) in [6.45, 7) is 2.20. The van der Waals surface area contributed by atoms with E-state index < -0.39 is 0 Å². The van der Waals surface area contributed by atoms with Crippen LogP contribution in [0.2, 0.25) is 0 Å². The summed E-state index contributed by atoms with van der Waals surface area (Å²) in [7, 11) is 0. The van der Waals surface area contributed by atoms with Crippen LogP contribution in [0, 0.1) is 0 Å². The van der Waals surface area contributed by atoms with Crippen molar-refractivity contribution >= 4 is 11.2 Å². The van der Waals surface area contributed by atoms with Gasteiger partial charge >= 0.3 is 0 Å². The average molecular weight is 228 g/mol. The minimum atomic E-state index is 0.619. The SMILES string of the molecule is c1cc(C2CCNC2)c2[nH]c(C3CC3)nc2n1. The molecule has 2 aliphatic rings. The number of nitrogens with zero attached hydrogens (tertiary/aromatic N) is 2. The zero-order valence-corrected chi connectivity index (χ0v) is 9.74. The Balaban J connectivity index is 1.84. The second-order valence-electron chi connectivity index (χ2n) is 5.18. The molecule has 0 aromatic carbocycles. The van der Waals surface area contributed by atoms with E-state index in [0.29, 0.717) is 11.8 Å². The maximum atomic E-state index is 4.62. The van der Waals surface area contributed by atoms with Crippen LogP contribution in [0.1, 0.15) is 42.5 Å². The van der Waals surface area contributed by atoms with E-state index in [9.17, 15) is 0 Å². The van der Waals surface area contributed by atoms with Crippen LogP contribution in [0.3, 0.4) is 0 Å². The summed E-state index contributed by atoms with van der Waals surface area (Å²) >= 11 is 0. The summed E-state index contributed by atoms with van der Waals surface area (Å²) in [5, 5.41) is 3.42. The van der Waals surface area contributed by atoms with Gasteiger partial charge in [-0.05, 0) is 43.4 Å². The van der Waals surface area contributed by atoms with E-state index in [4.69, 9.17) is 0 Å². The molecule has 0 spiro atoms. The van der Waals surface area contributed by atoms with Gasteiger partial charge in [-0.2, -0.15) is 0 Å². The van der Waals surface area contributed by atoms with Crippen molar-refractivity contribution in [3.05, 3.63) is 23.7 Å². The van der Waals surface area contributed by atoms with Crippen molar-refractivity contribution in [3.63, 3.8) is 0 Å². The molecular weight excluding hydrogens is 212 g/mol. The molecule has 17 heavy (non-hydrogen) atoms. The molecule has 1 saturated carbocycles. The quantitative estimate of drug-likeness (QED) is 0.825. The van der Waals surface area contributed by atoms with Gasteiger partial charge in [0.2, 0.25) is 0 Å². The topological polar surface area (TPSA) is 53.6 Å². The molecule has 0 amide bonds. The predicted molar refractivity (Wildman–Crippen MR) is 66.1 cm³/mol. The molecule has 1 aliphatic heterocycles. The Labute approximate surface area is 99.9 Å². The maximum absolute atomic E-state index is 4.62. The smallest absolute Gasteiger partial charge is 0.177 e. The van der Waals surface area contributed by atoms with Crippen LogP contribution < -0.4 is 5.32 Å². The first-order chi connectivity index (χ1) is 8.42. The number of hydrogen-bond donors (Lipinski definition) is 2. The van der Waals surface area contributed by atoms with Gasteiger partial charge in [-0.15, -0.1) is 0 Å². The maximum Gasteiger partial charge on any atom is 0.177 e. The van der Waals surface area contributed by atoms with Gasteiger partial charge in [0.15, 0.2) is 5.65 Å². The third-order valence-electron chi connectivity index (χ3n) is 3.91. The lowest BCUT2D eigenvalue weighted by Crippen LogP contribution is -2.08. The highest BCUT2D eigenvalue weighted by molar-refractivity contribution is 5.75. The number of fused-ring (bicyclic) bond motifs is 1. The van der Waals surface area contributed by atoms with Crippen LogP contribution in [-0.2, 0) is 0 Å². The first-order valence-corrected chi connectivity index (χ1v) is 6.47. The van der Waals surface area contributed by atoms with Crippen LogP contribution in [-0.4, -0.2) is 28.0 Å². The molecule has 1 saturated heterocycles. The molecule has 4 heteroatoms. The Morgan fingerprint density at radius 2 is 2.12 bits per heavy atom. The van der Waals surface area contributed by atoms with Crippen LogP contribution in [0.15, 0.2) is 12.3 Å². The molecule has 2 fully saturated rings. The number of aromatic amines is 1. The minimum absolute atomic E-state index is 0.619. The molecule has 3 heterocycles. The average Bonchev–Trinajstić information content (AvgIpc) is 2.92. The predicted octanol–water partition coefficient (Wildman–Crippen LogP) is 1.91. The first kappa shape index (κ1) is 9.59. The minimum Gasteiger partial charge on any atom is -0.340 e. The molecule has 2 aromatic rings. The van der Waals surface area contributed by atoms with Crippen LogP contribution in [0.25, 0.3) is 11.2 Å². The van der Waals surface area contributed by atoms with E-state index in [-0.39, 0.29) is 0 Å². The van der Waals surface area contributed by atoms with Gasteiger partial charge in [-0.3, -0.25) is 0 Å². The number of hydrogen-bond acceptors (Lipinski definition) is 3. The largest absolute Gasteiger partial charge is 0.340 e. The number of aromatic nitrogens is 3. The van der Waals surface area contributed by atoms with Gasteiger partial charge in [-0.1, -0.05) is 0 Å². The second kappa shape index (κ2) is 3.53. The van der Waals surface area contributed by atoms with Crippen molar-refractivity contribution in [1.29, 1.82) is 0 Å². The second-order valence-corrected chi connectivity index (χ2v) is 5.18. The zero-order chi connectivity index (χ0) is 11.2. The Morgan fingerprint density at radius 1 is 1.18 bits per heavy atom. The fraction of sp³-hybridized carbons (Fsp3) is 0.538. The number of pyridine rings is 1. The molecule has 88 valence electrons. The van der Waals surface area contributed by atoms with Gasteiger partial charge < -0.3 is 10.3 Å². The lowest BCUT2D eigenvalue weighted by Gasteiger charge is -2.08. The summed E-state index contributed by atoms with van der Waals surface area (Å²) in [5.41, 5.74) is 3.46. The van der Waals surface area contributed by atoms with Crippen molar-refractivity contribution < 1.29 is 0 Å².